The zero-order chi connectivity index (χ0) is 20.5. The number of sulfonamides is 1. The van der Waals surface area contributed by atoms with E-state index in [9.17, 15) is 34.8 Å². The third kappa shape index (κ3) is 6.89. The molecule has 0 bridgehead atoms. The van der Waals surface area contributed by atoms with E-state index in [1.165, 1.54) is 18.2 Å². The Kier molecular flexibility index (Phi) is 5.50. The average molecular weight is 415 g/mol. The van der Waals surface area contributed by atoms with Crippen LogP contribution in [0, 0.1) is 0 Å². The zero-order valence-electron chi connectivity index (χ0n) is 13.4. The van der Waals surface area contributed by atoms with Crippen LogP contribution < -0.4 is 14.2 Å². The van der Waals surface area contributed by atoms with Gasteiger partial charge in [0.15, 0.2) is 5.75 Å². The second kappa shape index (κ2) is 7.18. The molecule has 0 aliphatic rings. The van der Waals surface area contributed by atoms with Crippen LogP contribution in [0.1, 0.15) is 0 Å². The number of halogens is 6. The number of hydrogen-bond donors (Lipinski definition) is 1. The largest absolute Gasteiger partial charge is 0.573 e. The maximum absolute atomic E-state index is 12.6. The predicted octanol–water partition coefficient (Wildman–Crippen LogP) is 4.52. The van der Waals surface area contributed by atoms with Gasteiger partial charge in [-0.2, -0.15) is 0 Å². The predicted molar refractivity (Wildman–Crippen MR) is 83.7 cm³/mol. The van der Waals surface area contributed by atoms with E-state index in [0.717, 1.165) is 30.5 Å². The van der Waals surface area contributed by atoms with Gasteiger partial charge in [-0.3, -0.25) is 4.72 Å². The number of hydrogen-bond acceptors (Lipinski definition) is 4. The van der Waals surface area contributed by atoms with Crippen molar-refractivity contribution in [2.75, 3.05) is 11.0 Å². The van der Waals surface area contributed by atoms with Crippen molar-refractivity contribution in [3.63, 3.8) is 0 Å². The van der Waals surface area contributed by atoms with Crippen molar-refractivity contribution in [3.8, 4) is 22.6 Å². The molecule has 0 atom stereocenters. The molecular formula is C15H11F6NO4S. The molecule has 5 nitrogen and oxygen atoms in total. The summed E-state index contributed by atoms with van der Waals surface area (Å²) in [5, 5.41) is 0. The second-order valence-corrected chi connectivity index (χ2v) is 6.95. The lowest BCUT2D eigenvalue weighted by atomic mass is 10.0. The third-order valence-corrected chi connectivity index (χ3v) is 3.51. The van der Waals surface area contributed by atoms with Gasteiger partial charge < -0.3 is 9.47 Å². The van der Waals surface area contributed by atoms with Gasteiger partial charge >= 0.3 is 12.7 Å². The molecule has 0 spiro atoms. The van der Waals surface area contributed by atoms with E-state index in [1.807, 2.05) is 4.72 Å². The molecule has 0 unspecified atom stereocenters. The first kappa shape index (κ1) is 20.7. The van der Waals surface area contributed by atoms with Crippen molar-refractivity contribution in [1.29, 1.82) is 0 Å². The number of ether oxygens (including phenoxy) is 2. The van der Waals surface area contributed by atoms with Crippen molar-refractivity contribution < 1.29 is 44.2 Å². The molecule has 0 saturated carbocycles. The van der Waals surface area contributed by atoms with Crippen LogP contribution in [0.3, 0.4) is 0 Å². The molecule has 0 radical (unpaired) electrons. The highest BCUT2D eigenvalue weighted by atomic mass is 32.2. The van der Waals surface area contributed by atoms with Crippen molar-refractivity contribution >= 4 is 15.7 Å². The Labute approximate surface area is 149 Å². The molecule has 0 aliphatic carbocycles. The quantitative estimate of drug-likeness (QED) is 0.730. The summed E-state index contributed by atoms with van der Waals surface area (Å²) >= 11 is 0. The molecule has 2 aromatic carbocycles. The number of alkyl halides is 6. The summed E-state index contributed by atoms with van der Waals surface area (Å²) in [6.45, 7) is 0. The molecule has 0 amide bonds. The monoisotopic (exact) mass is 415 g/mol. The summed E-state index contributed by atoms with van der Waals surface area (Å²) in [4.78, 5) is 0. The summed E-state index contributed by atoms with van der Waals surface area (Å²) in [5.74, 6) is -1.32. The van der Waals surface area contributed by atoms with Crippen LogP contribution in [0.2, 0.25) is 0 Å². The standard InChI is InChI=1S/C15H11F6NO4S/c1-27(23,24)22-12-7-4-10(8-13(12)26-15(19,20)21)9-2-5-11(6-3-9)25-14(16,17)18/h2-8,22H,1H3. The van der Waals surface area contributed by atoms with Gasteiger partial charge in [0.25, 0.3) is 0 Å². The highest BCUT2D eigenvalue weighted by Crippen LogP contribution is 2.35. The van der Waals surface area contributed by atoms with E-state index in [4.69, 9.17) is 0 Å². The highest BCUT2D eigenvalue weighted by molar-refractivity contribution is 7.92. The van der Waals surface area contributed by atoms with E-state index in [0.29, 0.717) is 0 Å². The van der Waals surface area contributed by atoms with E-state index >= 15 is 0 Å². The van der Waals surface area contributed by atoms with Gasteiger partial charge in [0, 0.05) is 0 Å². The SMILES string of the molecule is CS(=O)(=O)Nc1ccc(-c2ccc(OC(F)(F)F)cc2)cc1OC(F)(F)F. The van der Waals surface area contributed by atoms with Crippen LogP contribution >= 0.6 is 0 Å². The summed E-state index contributed by atoms with van der Waals surface area (Å²) in [6, 6.07) is 7.56. The summed E-state index contributed by atoms with van der Waals surface area (Å²) in [7, 11) is -3.88. The van der Waals surface area contributed by atoms with E-state index in [-0.39, 0.29) is 11.1 Å². The zero-order valence-corrected chi connectivity index (χ0v) is 14.2. The Hall–Kier alpha value is -2.63. The fourth-order valence-corrected chi connectivity index (χ4v) is 2.61. The van der Waals surface area contributed by atoms with E-state index in [2.05, 4.69) is 9.47 Å². The van der Waals surface area contributed by atoms with Crippen molar-refractivity contribution in [2.24, 2.45) is 0 Å². The summed E-state index contributed by atoms with van der Waals surface area (Å²) in [5.41, 5.74) is -0.0510. The minimum absolute atomic E-state index is 0.145. The van der Waals surface area contributed by atoms with Crippen LogP contribution in [0.15, 0.2) is 42.5 Å². The van der Waals surface area contributed by atoms with Crippen molar-refractivity contribution in [3.05, 3.63) is 42.5 Å². The minimum Gasteiger partial charge on any atom is -0.406 e. The Morgan fingerprint density at radius 3 is 1.81 bits per heavy atom. The maximum atomic E-state index is 12.6. The molecule has 12 heteroatoms. The van der Waals surface area contributed by atoms with Crippen LogP contribution in [-0.4, -0.2) is 27.4 Å². The van der Waals surface area contributed by atoms with Gasteiger partial charge in [0.1, 0.15) is 5.75 Å². The Morgan fingerprint density at radius 1 is 0.815 bits per heavy atom. The van der Waals surface area contributed by atoms with Gasteiger partial charge in [0.05, 0.1) is 11.9 Å². The first-order chi connectivity index (χ1) is 12.2. The van der Waals surface area contributed by atoms with Crippen LogP contribution in [0.25, 0.3) is 11.1 Å². The smallest absolute Gasteiger partial charge is 0.406 e. The molecule has 1 N–H and O–H groups in total. The molecule has 0 aromatic heterocycles. The van der Waals surface area contributed by atoms with Gasteiger partial charge in [-0.25, -0.2) is 8.42 Å². The van der Waals surface area contributed by atoms with Crippen LogP contribution in [0.5, 0.6) is 11.5 Å². The molecule has 0 fully saturated rings. The summed E-state index contributed by atoms with van der Waals surface area (Å²) in [6.07, 6.45) is -9.22. The Morgan fingerprint density at radius 2 is 1.33 bits per heavy atom. The first-order valence-electron chi connectivity index (χ1n) is 6.96. The highest BCUT2D eigenvalue weighted by Gasteiger charge is 2.33. The average Bonchev–Trinajstić information content (AvgIpc) is 2.45. The van der Waals surface area contributed by atoms with E-state index < -0.39 is 39.9 Å². The van der Waals surface area contributed by atoms with Gasteiger partial charge in [-0.15, -0.1) is 26.3 Å². The number of anilines is 1. The first-order valence-corrected chi connectivity index (χ1v) is 8.85. The lowest BCUT2D eigenvalue weighted by molar-refractivity contribution is -0.275. The van der Waals surface area contributed by atoms with E-state index in [1.54, 1.807) is 0 Å². The number of benzene rings is 2. The molecule has 0 heterocycles. The normalized spacial score (nSPS) is 12.6. The lowest BCUT2D eigenvalue weighted by Crippen LogP contribution is -2.19. The molecular weight excluding hydrogens is 404 g/mol. The fourth-order valence-electron chi connectivity index (χ4n) is 2.04. The molecule has 2 aromatic rings. The van der Waals surface area contributed by atoms with Gasteiger partial charge in [-0.1, -0.05) is 18.2 Å². The Bertz CT molecular complexity index is 907. The molecule has 27 heavy (non-hydrogen) atoms. The lowest BCUT2D eigenvalue weighted by Gasteiger charge is -2.15. The van der Waals surface area contributed by atoms with Crippen LogP contribution in [0.4, 0.5) is 32.0 Å². The Balaban J connectivity index is 2.38. The third-order valence-electron chi connectivity index (χ3n) is 2.92. The number of nitrogens with one attached hydrogen (secondary N) is 1. The molecule has 2 rings (SSSR count). The summed E-state index contributed by atoms with van der Waals surface area (Å²) < 4.78 is 106. The van der Waals surface area contributed by atoms with Crippen molar-refractivity contribution in [1.82, 2.24) is 0 Å². The minimum atomic E-state index is -5.09. The number of rotatable bonds is 5. The van der Waals surface area contributed by atoms with Crippen molar-refractivity contribution in [2.45, 2.75) is 12.7 Å². The fraction of sp³-hybridized carbons (Fsp3) is 0.200. The van der Waals surface area contributed by atoms with Gasteiger partial charge in [-0.05, 0) is 35.4 Å². The topological polar surface area (TPSA) is 64.6 Å². The van der Waals surface area contributed by atoms with Gasteiger partial charge in [0.2, 0.25) is 10.0 Å². The molecule has 0 aliphatic heterocycles. The van der Waals surface area contributed by atoms with Crippen LogP contribution in [-0.2, 0) is 10.0 Å². The molecule has 148 valence electrons. The molecule has 0 saturated heterocycles. The second-order valence-electron chi connectivity index (χ2n) is 5.21. The maximum Gasteiger partial charge on any atom is 0.573 e.